The van der Waals surface area contributed by atoms with E-state index in [2.05, 4.69) is 10.0 Å². The number of hydrogen-bond donors (Lipinski definition) is 3. The Labute approximate surface area is 256 Å². The van der Waals surface area contributed by atoms with E-state index in [1.54, 1.807) is 56.3 Å². The van der Waals surface area contributed by atoms with Crippen molar-refractivity contribution in [1.82, 2.24) is 9.80 Å². The van der Waals surface area contributed by atoms with E-state index in [9.17, 15) is 27.5 Å². The van der Waals surface area contributed by atoms with Crippen LogP contribution in [0.4, 0.5) is 20.6 Å². The number of anilines is 2. The number of fused-ring (bicyclic) bond motifs is 1. The van der Waals surface area contributed by atoms with Crippen LogP contribution in [0, 0.1) is 11.7 Å². The zero-order valence-corrected chi connectivity index (χ0v) is 25.8. The predicted molar refractivity (Wildman–Crippen MR) is 164 cm³/mol. The summed E-state index contributed by atoms with van der Waals surface area (Å²) in [4.78, 5) is 29.4. The Hall–Kier alpha value is -4.36. The number of nitrogens with zero attached hydrogens (tertiary/aromatic N) is 2. The number of sulfonamides is 1. The molecule has 1 aliphatic heterocycles. The Kier molecular flexibility index (Phi) is 10.3. The van der Waals surface area contributed by atoms with Gasteiger partial charge in [0.15, 0.2) is 0 Å². The molecule has 1 heterocycles. The van der Waals surface area contributed by atoms with E-state index in [4.69, 9.17) is 9.47 Å². The molecule has 0 aliphatic carbocycles. The van der Waals surface area contributed by atoms with Crippen LogP contribution in [0.1, 0.15) is 19.4 Å². The fourth-order valence-corrected chi connectivity index (χ4v) is 5.83. The minimum absolute atomic E-state index is 0.112. The Morgan fingerprint density at radius 3 is 2.43 bits per heavy atom. The third-order valence-corrected chi connectivity index (χ3v) is 8.83. The average Bonchev–Trinajstić information content (AvgIpc) is 3.04. The summed E-state index contributed by atoms with van der Waals surface area (Å²) in [6, 6.07) is 15.1. The molecule has 0 spiro atoms. The molecule has 236 valence electrons. The smallest absolute Gasteiger partial charge is 0.321 e. The number of rotatable bonds is 9. The maximum absolute atomic E-state index is 13.5. The molecule has 0 unspecified atom stereocenters. The fraction of sp³-hybridized carbons (Fsp3) is 0.355. The molecule has 0 aromatic heterocycles. The lowest BCUT2D eigenvalue weighted by Crippen LogP contribution is -2.48. The quantitative estimate of drug-likeness (QED) is 0.326. The first-order valence-electron chi connectivity index (χ1n) is 14.0. The van der Waals surface area contributed by atoms with Gasteiger partial charge in [-0.1, -0.05) is 6.92 Å². The van der Waals surface area contributed by atoms with Crippen molar-refractivity contribution in [2.24, 2.45) is 5.92 Å². The maximum atomic E-state index is 13.5. The highest BCUT2D eigenvalue weighted by atomic mass is 32.2. The van der Waals surface area contributed by atoms with Gasteiger partial charge in [-0.15, -0.1) is 0 Å². The zero-order chi connectivity index (χ0) is 32.0. The van der Waals surface area contributed by atoms with Crippen molar-refractivity contribution in [2.75, 3.05) is 43.9 Å². The number of urea groups is 1. The van der Waals surface area contributed by atoms with Gasteiger partial charge in [0.1, 0.15) is 23.4 Å². The van der Waals surface area contributed by atoms with Gasteiger partial charge in [-0.2, -0.15) is 0 Å². The third-order valence-electron chi connectivity index (χ3n) is 7.43. The summed E-state index contributed by atoms with van der Waals surface area (Å²) >= 11 is 0. The summed E-state index contributed by atoms with van der Waals surface area (Å²) in [6.45, 7) is 3.81. The number of hydrogen-bond acceptors (Lipinski definition) is 7. The lowest BCUT2D eigenvalue weighted by Gasteiger charge is -2.34. The first-order valence-corrected chi connectivity index (χ1v) is 15.5. The van der Waals surface area contributed by atoms with Gasteiger partial charge in [-0.25, -0.2) is 17.6 Å². The van der Waals surface area contributed by atoms with Gasteiger partial charge < -0.3 is 29.7 Å². The molecule has 0 saturated carbocycles. The zero-order valence-electron chi connectivity index (χ0n) is 25.0. The average molecular weight is 629 g/mol. The van der Waals surface area contributed by atoms with Crippen LogP contribution in [0.2, 0.25) is 0 Å². The number of aliphatic hydroxyl groups is 1. The van der Waals surface area contributed by atoms with Crippen LogP contribution in [0.15, 0.2) is 71.6 Å². The lowest BCUT2D eigenvalue weighted by molar-refractivity contribution is -0.134. The number of halogens is 1. The second kappa shape index (κ2) is 14.0. The molecule has 44 heavy (non-hydrogen) atoms. The normalized spacial score (nSPS) is 17.7. The number of carbonyl (C=O) groups is 2. The van der Waals surface area contributed by atoms with Crippen LogP contribution in [0.25, 0.3) is 0 Å². The largest absolute Gasteiger partial charge is 0.497 e. The van der Waals surface area contributed by atoms with Crippen molar-refractivity contribution in [2.45, 2.75) is 37.3 Å². The number of amides is 3. The molecule has 4 rings (SSSR count). The predicted octanol–water partition coefficient (Wildman–Crippen LogP) is 3.95. The van der Waals surface area contributed by atoms with Crippen molar-refractivity contribution in [3.63, 3.8) is 0 Å². The monoisotopic (exact) mass is 628 g/mol. The van der Waals surface area contributed by atoms with Crippen molar-refractivity contribution in [3.05, 3.63) is 78.1 Å². The molecular formula is C31H37FN4O7S. The van der Waals surface area contributed by atoms with Crippen molar-refractivity contribution >= 4 is 33.3 Å². The van der Waals surface area contributed by atoms with E-state index >= 15 is 0 Å². The van der Waals surface area contributed by atoms with Crippen LogP contribution in [-0.4, -0.2) is 81.3 Å². The Morgan fingerprint density at radius 2 is 1.80 bits per heavy atom. The molecule has 1 aliphatic rings. The summed E-state index contributed by atoms with van der Waals surface area (Å²) in [7, 11) is -0.850. The number of nitrogens with one attached hydrogen (secondary N) is 2. The highest BCUT2D eigenvalue weighted by Gasteiger charge is 2.32. The summed E-state index contributed by atoms with van der Waals surface area (Å²) < 4.78 is 53.3. The lowest BCUT2D eigenvalue weighted by atomic mass is 10.0. The highest BCUT2D eigenvalue weighted by molar-refractivity contribution is 7.92. The molecule has 3 aromatic rings. The molecule has 0 radical (unpaired) electrons. The second-order valence-corrected chi connectivity index (χ2v) is 12.5. The highest BCUT2D eigenvalue weighted by Crippen LogP contribution is 2.30. The standard InChI is InChI=1S/C31H37FN4O7S/c1-20-17-36(21(2)19-37)30(38)16-22-15-25(34-44(40,41)27-12-5-23(32)6-13-27)9-14-28(22)43-29(20)18-35(3)31(39)33-24-7-10-26(42-4)11-8-24/h5-15,20-21,29,34,37H,16-19H2,1-4H3,(H,33,39)/t20-,21+,29-/m0/s1. The van der Waals surface area contributed by atoms with Gasteiger partial charge >= 0.3 is 6.03 Å². The molecule has 3 atom stereocenters. The Morgan fingerprint density at radius 1 is 1.14 bits per heavy atom. The molecule has 0 fully saturated rings. The van der Waals surface area contributed by atoms with Crippen molar-refractivity contribution in [1.29, 1.82) is 0 Å². The third kappa shape index (κ3) is 7.97. The van der Waals surface area contributed by atoms with Gasteiger partial charge in [-0.05, 0) is 73.7 Å². The van der Waals surface area contributed by atoms with Gasteiger partial charge in [-0.3, -0.25) is 9.52 Å². The van der Waals surface area contributed by atoms with Gasteiger partial charge in [0.25, 0.3) is 10.0 Å². The topological polar surface area (TPSA) is 138 Å². The van der Waals surface area contributed by atoms with Crippen LogP contribution < -0.4 is 19.5 Å². The van der Waals surface area contributed by atoms with Gasteiger partial charge in [0, 0.05) is 36.4 Å². The molecule has 3 aromatic carbocycles. The van der Waals surface area contributed by atoms with Crippen LogP contribution in [-0.2, 0) is 21.2 Å². The molecule has 13 heteroatoms. The molecule has 3 N–H and O–H groups in total. The van der Waals surface area contributed by atoms with E-state index in [-0.39, 0.29) is 54.6 Å². The van der Waals surface area contributed by atoms with Crippen LogP contribution >= 0.6 is 0 Å². The summed E-state index contributed by atoms with van der Waals surface area (Å²) in [5.41, 5.74) is 1.19. The number of likely N-dealkylation sites (N-methyl/N-ethyl adjacent to an activating group) is 1. The number of methoxy groups -OCH3 is 1. The Balaban J connectivity index is 1.60. The summed E-state index contributed by atoms with van der Waals surface area (Å²) in [5.74, 6) is -0.0706. The maximum Gasteiger partial charge on any atom is 0.321 e. The van der Waals surface area contributed by atoms with E-state index in [0.29, 0.717) is 22.7 Å². The Bertz CT molecular complexity index is 1570. The number of carbonyl (C=O) groups excluding carboxylic acids is 2. The minimum atomic E-state index is -4.04. The van der Waals surface area contributed by atoms with Gasteiger partial charge in [0.2, 0.25) is 5.91 Å². The summed E-state index contributed by atoms with van der Waals surface area (Å²) in [5, 5.41) is 12.7. The van der Waals surface area contributed by atoms with Crippen LogP contribution in [0.3, 0.4) is 0 Å². The summed E-state index contributed by atoms with van der Waals surface area (Å²) in [6.07, 6.45) is -0.680. The molecule has 0 saturated heterocycles. The van der Waals surface area contributed by atoms with Crippen molar-refractivity contribution < 1.29 is 37.0 Å². The van der Waals surface area contributed by atoms with Gasteiger partial charge in [0.05, 0.1) is 37.6 Å². The van der Waals surface area contributed by atoms with E-state index in [0.717, 1.165) is 24.3 Å². The number of aliphatic hydroxyl groups excluding tert-OH is 1. The SMILES string of the molecule is COc1ccc(NC(=O)N(C)C[C@@H]2Oc3ccc(NS(=O)(=O)c4ccc(F)cc4)cc3CC(=O)N([C@H](C)CO)C[C@@H]2C)cc1. The van der Waals surface area contributed by atoms with E-state index in [1.165, 1.54) is 17.0 Å². The first-order chi connectivity index (χ1) is 20.9. The second-order valence-electron chi connectivity index (χ2n) is 10.8. The molecule has 3 amide bonds. The van der Waals surface area contributed by atoms with E-state index < -0.39 is 28.0 Å². The number of benzene rings is 3. The van der Waals surface area contributed by atoms with E-state index in [1.807, 2.05) is 6.92 Å². The first kappa shape index (κ1) is 32.6. The molecule has 11 nitrogen and oxygen atoms in total. The van der Waals surface area contributed by atoms with Crippen LogP contribution in [0.5, 0.6) is 11.5 Å². The molecular weight excluding hydrogens is 591 g/mol. The fourth-order valence-electron chi connectivity index (χ4n) is 4.78. The van der Waals surface area contributed by atoms with Crippen molar-refractivity contribution in [3.8, 4) is 11.5 Å². The number of ether oxygens (including phenoxy) is 2. The minimum Gasteiger partial charge on any atom is -0.497 e. The molecule has 0 bridgehead atoms.